The molecule has 0 spiro atoms. The molecule has 5 nitrogen and oxygen atoms in total. The SMILES string of the molecule is CCCCCOc1ccc(/C=C2\SC(=S)N(C(C(=O)OCCC)c3ccccc3)C2=O)cc1. The minimum Gasteiger partial charge on any atom is -0.494 e. The highest BCUT2D eigenvalue weighted by Gasteiger charge is 2.42. The molecule has 2 aromatic rings. The van der Waals surface area contributed by atoms with Crippen molar-refractivity contribution in [3.8, 4) is 5.75 Å². The lowest BCUT2D eigenvalue weighted by molar-refractivity contribution is -0.151. The van der Waals surface area contributed by atoms with Crippen LogP contribution in [0, 0.1) is 0 Å². The maximum absolute atomic E-state index is 13.3. The van der Waals surface area contributed by atoms with E-state index < -0.39 is 12.0 Å². The summed E-state index contributed by atoms with van der Waals surface area (Å²) in [7, 11) is 0. The monoisotopic (exact) mass is 483 g/mol. The lowest BCUT2D eigenvalue weighted by Gasteiger charge is -2.25. The van der Waals surface area contributed by atoms with E-state index in [1.807, 2.05) is 49.4 Å². The predicted octanol–water partition coefficient (Wildman–Crippen LogP) is 6.15. The Balaban J connectivity index is 1.78. The molecule has 1 unspecified atom stereocenters. The first-order valence-corrected chi connectivity index (χ1v) is 12.5. The van der Waals surface area contributed by atoms with Crippen molar-refractivity contribution >= 4 is 46.3 Å². The van der Waals surface area contributed by atoms with Crippen molar-refractivity contribution in [1.29, 1.82) is 0 Å². The van der Waals surface area contributed by atoms with Gasteiger partial charge >= 0.3 is 5.97 Å². The van der Waals surface area contributed by atoms with E-state index in [2.05, 4.69) is 6.92 Å². The molecule has 2 aromatic carbocycles. The third-order valence-electron chi connectivity index (χ3n) is 5.06. The Morgan fingerprint density at radius 2 is 1.76 bits per heavy atom. The Bertz CT molecular complexity index is 989. The second-order valence-electron chi connectivity index (χ2n) is 7.66. The highest BCUT2D eigenvalue weighted by atomic mass is 32.2. The van der Waals surface area contributed by atoms with Crippen LogP contribution in [0.4, 0.5) is 0 Å². The van der Waals surface area contributed by atoms with Gasteiger partial charge in [-0.1, -0.05) is 93.1 Å². The molecule has 33 heavy (non-hydrogen) atoms. The number of carbonyl (C=O) groups excluding carboxylic acids is 2. The van der Waals surface area contributed by atoms with Crippen molar-refractivity contribution in [2.75, 3.05) is 13.2 Å². The first-order chi connectivity index (χ1) is 16.0. The molecule has 7 heteroatoms. The zero-order chi connectivity index (χ0) is 23.6. The van der Waals surface area contributed by atoms with Gasteiger partial charge in [-0.15, -0.1) is 0 Å². The fourth-order valence-electron chi connectivity index (χ4n) is 3.36. The number of ether oxygens (including phenoxy) is 2. The van der Waals surface area contributed by atoms with Crippen molar-refractivity contribution in [2.45, 2.75) is 45.6 Å². The van der Waals surface area contributed by atoms with Crippen LogP contribution >= 0.6 is 24.0 Å². The third kappa shape index (κ3) is 6.68. The molecule has 0 radical (unpaired) electrons. The van der Waals surface area contributed by atoms with Crippen LogP contribution in [0.1, 0.15) is 56.7 Å². The van der Waals surface area contributed by atoms with Crippen LogP contribution in [0.5, 0.6) is 5.75 Å². The number of nitrogens with zero attached hydrogens (tertiary/aromatic N) is 1. The van der Waals surface area contributed by atoms with Crippen LogP contribution in [0.25, 0.3) is 6.08 Å². The van der Waals surface area contributed by atoms with Crippen molar-refractivity contribution < 1.29 is 19.1 Å². The molecule has 0 aliphatic carbocycles. The summed E-state index contributed by atoms with van der Waals surface area (Å²) in [5.74, 6) is 0.0241. The van der Waals surface area contributed by atoms with Gasteiger partial charge in [0, 0.05) is 0 Å². The maximum Gasteiger partial charge on any atom is 0.333 e. The van der Waals surface area contributed by atoms with Crippen molar-refractivity contribution in [3.05, 3.63) is 70.6 Å². The van der Waals surface area contributed by atoms with Crippen molar-refractivity contribution in [1.82, 2.24) is 4.90 Å². The number of hydrogen-bond donors (Lipinski definition) is 0. The molecule has 0 bridgehead atoms. The highest BCUT2D eigenvalue weighted by molar-refractivity contribution is 8.26. The number of unbranched alkanes of at least 4 members (excludes halogenated alkanes) is 2. The second-order valence-corrected chi connectivity index (χ2v) is 9.33. The molecule has 0 aromatic heterocycles. The second kappa shape index (κ2) is 12.6. The number of amides is 1. The minimum absolute atomic E-state index is 0.291. The lowest BCUT2D eigenvalue weighted by atomic mass is 10.1. The average molecular weight is 484 g/mol. The third-order valence-corrected chi connectivity index (χ3v) is 6.39. The van der Waals surface area contributed by atoms with E-state index in [1.54, 1.807) is 18.2 Å². The average Bonchev–Trinajstić information content (AvgIpc) is 3.10. The van der Waals surface area contributed by atoms with E-state index in [0.717, 1.165) is 30.6 Å². The summed E-state index contributed by atoms with van der Waals surface area (Å²) in [6.45, 7) is 5.07. The first-order valence-electron chi connectivity index (χ1n) is 11.3. The molecule has 3 rings (SSSR count). The summed E-state index contributed by atoms with van der Waals surface area (Å²) in [6, 6.07) is 15.8. The molecule has 0 saturated carbocycles. The summed E-state index contributed by atoms with van der Waals surface area (Å²) in [5.41, 5.74) is 1.53. The van der Waals surface area contributed by atoms with Crippen LogP contribution in [-0.2, 0) is 14.3 Å². The van der Waals surface area contributed by atoms with Crippen molar-refractivity contribution in [3.63, 3.8) is 0 Å². The van der Waals surface area contributed by atoms with E-state index in [9.17, 15) is 9.59 Å². The molecule has 0 N–H and O–H groups in total. The summed E-state index contributed by atoms with van der Waals surface area (Å²) in [5, 5.41) is 0. The van der Waals surface area contributed by atoms with Gasteiger partial charge < -0.3 is 9.47 Å². The summed E-state index contributed by atoms with van der Waals surface area (Å²) < 4.78 is 11.5. The van der Waals surface area contributed by atoms with Crippen LogP contribution < -0.4 is 4.74 Å². The first kappa shape index (κ1) is 25.0. The van der Waals surface area contributed by atoms with Gasteiger partial charge in [0.1, 0.15) is 10.1 Å². The number of thiocarbonyl (C=S) groups is 1. The standard InChI is InChI=1S/C26H29NO4S2/c1-3-5-9-17-30-21-14-12-19(13-15-21)18-22-24(28)27(26(32)33-22)23(25(29)31-16-4-2)20-10-7-6-8-11-20/h6-8,10-15,18,23H,3-5,9,16-17H2,1-2H3/b22-18-. The normalized spacial score (nSPS) is 15.7. The fourth-order valence-corrected chi connectivity index (χ4v) is 4.68. The number of thioether (sulfide) groups is 1. The van der Waals surface area contributed by atoms with Gasteiger partial charge in [0.15, 0.2) is 6.04 Å². The number of carbonyl (C=O) groups is 2. The minimum atomic E-state index is -0.907. The van der Waals surface area contributed by atoms with Crippen LogP contribution in [-0.4, -0.2) is 34.3 Å². The molecule has 174 valence electrons. The highest BCUT2D eigenvalue weighted by Crippen LogP contribution is 2.38. The smallest absolute Gasteiger partial charge is 0.333 e. The number of esters is 1. The Morgan fingerprint density at radius 1 is 1.03 bits per heavy atom. The van der Waals surface area contributed by atoms with Crippen LogP contribution in [0.3, 0.4) is 0 Å². The predicted molar refractivity (Wildman–Crippen MR) is 137 cm³/mol. The molecule has 1 amide bonds. The molecular formula is C26H29NO4S2. The van der Waals surface area contributed by atoms with E-state index >= 15 is 0 Å². The lowest BCUT2D eigenvalue weighted by Crippen LogP contribution is -2.38. The topological polar surface area (TPSA) is 55.8 Å². The molecule has 1 atom stereocenters. The zero-order valence-corrected chi connectivity index (χ0v) is 20.6. The van der Waals surface area contributed by atoms with Gasteiger partial charge in [-0.25, -0.2) is 4.79 Å². The van der Waals surface area contributed by atoms with Gasteiger partial charge in [0.2, 0.25) is 0 Å². The van der Waals surface area contributed by atoms with Crippen molar-refractivity contribution in [2.24, 2.45) is 0 Å². The Morgan fingerprint density at radius 3 is 2.42 bits per heavy atom. The molecule has 1 aliphatic heterocycles. The summed E-state index contributed by atoms with van der Waals surface area (Å²) >= 11 is 6.70. The van der Waals surface area contributed by atoms with E-state index in [0.29, 0.717) is 34.4 Å². The Labute approximate surface area is 205 Å². The number of hydrogen-bond acceptors (Lipinski definition) is 6. The quantitative estimate of drug-likeness (QED) is 0.165. The molecule has 1 aliphatic rings. The maximum atomic E-state index is 13.3. The fraction of sp³-hybridized carbons (Fsp3) is 0.346. The zero-order valence-electron chi connectivity index (χ0n) is 19.0. The van der Waals surface area contributed by atoms with E-state index in [-0.39, 0.29) is 5.91 Å². The number of benzene rings is 2. The van der Waals surface area contributed by atoms with Gasteiger partial charge in [-0.2, -0.15) is 0 Å². The Kier molecular flexibility index (Phi) is 9.51. The van der Waals surface area contributed by atoms with E-state index in [1.165, 1.54) is 16.7 Å². The molecule has 1 heterocycles. The van der Waals surface area contributed by atoms with Crippen LogP contribution in [0.2, 0.25) is 0 Å². The largest absolute Gasteiger partial charge is 0.494 e. The van der Waals surface area contributed by atoms with Gasteiger partial charge in [-0.05, 0) is 42.2 Å². The molecule has 1 saturated heterocycles. The molecular weight excluding hydrogens is 454 g/mol. The van der Waals surface area contributed by atoms with Gasteiger partial charge in [-0.3, -0.25) is 9.69 Å². The van der Waals surface area contributed by atoms with E-state index in [4.69, 9.17) is 21.7 Å². The van der Waals surface area contributed by atoms with Gasteiger partial charge in [0.05, 0.1) is 18.1 Å². The van der Waals surface area contributed by atoms with Gasteiger partial charge in [0.25, 0.3) is 5.91 Å². The Hall–Kier alpha value is -2.64. The number of rotatable bonds is 11. The summed E-state index contributed by atoms with van der Waals surface area (Å²) in [4.78, 5) is 28.0. The molecule has 1 fully saturated rings. The van der Waals surface area contributed by atoms with Crippen LogP contribution in [0.15, 0.2) is 59.5 Å². The summed E-state index contributed by atoms with van der Waals surface area (Å²) in [6.07, 6.45) is 5.82.